The van der Waals surface area contributed by atoms with Gasteiger partial charge in [0.15, 0.2) is 0 Å². The summed E-state index contributed by atoms with van der Waals surface area (Å²) in [6.07, 6.45) is 1.89. The number of aryl methyl sites for hydroxylation is 1. The van der Waals surface area contributed by atoms with Crippen molar-refractivity contribution < 1.29 is 27.5 Å². The monoisotopic (exact) mass is 1070 g/mol. The summed E-state index contributed by atoms with van der Waals surface area (Å²) < 4.78 is 11.8. The molecular weight excluding hydrogens is 998 g/mol. The first-order valence-corrected chi connectivity index (χ1v) is 23.5. The van der Waals surface area contributed by atoms with Gasteiger partial charge in [0, 0.05) is 45.6 Å². The molecule has 0 aliphatic rings. The largest absolute Gasteiger partial charge is 0.507 e. The number of nitrogens with zero attached hydrogens (tertiary/aromatic N) is 3. The number of phenolic OH excluding ortho intramolecular Hbond substituents is 1. The van der Waals surface area contributed by atoms with Crippen LogP contribution in [0.3, 0.4) is 0 Å². The number of hydrogen-bond acceptors (Lipinski definition) is 3. The van der Waals surface area contributed by atoms with E-state index in [0.717, 1.165) is 83.6 Å². The Morgan fingerprint density at radius 2 is 1.21 bits per heavy atom. The van der Waals surface area contributed by atoms with Crippen molar-refractivity contribution in [3.05, 3.63) is 167 Å². The second-order valence-corrected chi connectivity index (χ2v) is 22.6. The Hall–Kier alpha value is -5.57. The normalized spacial score (nSPS) is 12.9. The number of pyridine rings is 1. The topological polar surface area (TPSA) is 50.9 Å². The molecule has 0 amide bonds. The second-order valence-electron chi connectivity index (χ2n) is 22.6. The Balaban J connectivity index is 0.00000684. The molecule has 8 aromatic rings. The molecule has 2 aromatic heterocycles. The van der Waals surface area contributed by atoms with E-state index in [4.69, 9.17) is 9.97 Å². The number of imidazole rings is 1. The molecule has 67 heavy (non-hydrogen) atoms. The fraction of sp³-hybridized carbons (Fsp3) is 0.323. The summed E-state index contributed by atoms with van der Waals surface area (Å²) in [7, 11) is 0. The molecule has 0 spiro atoms. The van der Waals surface area contributed by atoms with Crippen LogP contribution in [0, 0.1) is 13.0 Å². The summed E-state index contributed by atoms with van der Waals surface area (Å²) in [5, 5.41) is 12.5. The summed E-state index contributed by atoms with van der Waals surface area (Å²) in [5.74, 6) is -0.0961. The van der Waals surface area contributed by atoms with Crippen molar-refractivity contribution in [3.63, 3.8) is 0 Å². The molecule has 0 unspecified atom stereocenters. The summed E-state index contributed by atoms with van der Waals surface area (Å²) in [4.78, 5) is 10.6. The summed E-state index contributed by atoms with van der Waals surface area (Å²) in [5.41, 5.74) is 16.9. The number of aromatic nitrogens is 3. The van der Waals surface area contributed by atoms with Crippen molar-refractivity contribution in [2.75, 3.05) is 0 Å². The third-order valence-electron chi connectivity index (χ3n) is 13.0. The van der Waals surface area contributed by atoms with Crippen molar-refractivity contribution in [3.8, 4) is 67.5 Å². The maximum Gasteiger partial charge on any atom is 0.148 e. The van der Waals surface area contributed by atoms with Gasteiger partial charge in [-0.15, -0.1) is 29.3 Å². The van der Waals surface area contributed by atoms with Gasteiger partial charge in [0.05, 0.1) is 16.6 Å². The minimum atomic E-state index is -0.949. The first kappa shape index (κ1) is 47.9. The van der Waals surface area contributed by atoms with Crippen LogP contribution in [0.2, 0.25) is 0 Å². The van der Waals surface area contributed by atoms with Gasteiger partial charge in [0.1, 0.15) is 11.6 Å². The zero-order valence-electron chi connectivity index (χ0n) is 43.2. The van der Waals surface area contributed by atoms with Gasteiger partial charge in [-0.25, -0.2) is 4.98 Å². The first-order chi connectivity index (χ1) is 31.2. The third-order valence-corrected chi connectivity index (χ3v) is 13.0. The van der Waals surface area contributed by atoms with E-state index in [-0.39, 0.29) is 48.5 Å². The quantitative estimate of drug-likeness (QED) is 0.162. The molecule has 2 heterocycles. The van der Waals surface area contributed by atoms with Crippen LogP contribution in [-0.2, 0) is 42.7 Å². The third kappa shape index (κ3) is 9.89. The van der Waals surface area contributed by atoms with E-state index < -0.39 is 5.89 Å². The molecule has 348 valence electrons. The maximum atomic E-state index is 12.5. The van der Waals surface area contributed by atoms with Crippen molar-refractivity contribution in [2.24, 2.45) is 0 Å². The fourth-order valence-electron chi connectivity index (χ4n) is 9.05. The Morgan fingerprint density at radius 3 is 1.85 bits per heavy atom. The van der Waals surface area contributed by atoms with Crippen molar-refractivity contribution >= 4 is 11.0 Å². The Kier molecular flexibility index (Phi) is 13.0. The molecule has 0 saturated carbocycles. The fourth-order valence-corrected chi connectivity index (χ4v) is 9.05. The number of benzene rings is 6. The van der Waals surface area contributed by atoms with Gasteiger partial charge in [-0.2, -0.15) is 0 Å². The summed E-state index contributed by atoms with van der Waals surface area (Å²) in [6, 6.07) is 46.9. The zero-order valence-corrected chi connectivity index (χ0v) is 44.5. The van der Waals surface area contributed by atoms with Gasteiger partial charge in [-0.3, -0.25) is 9.55 Å². The Labute approximate surface area is 416 Å². The summed E-state index contributed by atoms with van der Waals surface area (Å²) in [6.45, 7) is 32.6. The van der Waals surface area contributed by atoms with Crippen LogP contribution in [0.15, 0.2) is 128 Å². The molecule has 0 aliphatic carbocycles. The molecule has 0 saturated heterocycles. The molecule has 1 N–H and O–H groups in total. The van der Waals surface area contributed by atoms with E-state index in [9.17, 15) is 6.48 Å². The second kappa shape index (κ2) is 18.2. The number of rotatable bonds is 7. The number of phenols is 1. The van der Waals surface area contributed by atoms with Crippen molar-refractivity contribution in [2.45, 2.75) is 131 Å². The van der Waals surface area contributed by atoms with Crippen LogP contribution in [0.4, 0.5) is 0 Å². The van der Waals surface area contributed by atoms with Gasteiger partial charge in [0.2, 0.25) is 0 Å². The number of fused-ring (bicyclic) bond motifs is 1. The van der Waals surface area contributed by atoms with Crippen LogP contribution in [0.25, 0.3) is 72.7 Å². The van der Waals surface area contributed by atoms with Gasteiger partial charge in [-0.1, -0.05) is 192 Å². The van der Waals surface area contributed by atoms with Crippen molar-refractivity contribution in [1.82, 2.24) is 14.5 Å². The average molecular weight is 1070 g/mol. The van der Waals surface area contributed by atoms with E-state index in [0.29, 0.717) is 11.4 Å². The molecule has 6 aromatic carbocycles. The number of para-hydroxylation sites is 1. The van der Waals surface area contributed by atoms with Crippen LogP contribution >= 0.6 is 0 Å². The summed E-state index contributed by atoms with van der Waals surface area (Å²) >= 11 is 0. The standard InChI is InChI=1S/C62H68N3O.Pt/c1-38(2)50-37-46(27-28-48(50)49-19-16-17-21-52(49)61(10,11)12)65-55-22-18-20-47(56(55)64-58(65)51-35-45(60(7,8)9)36-53(57(51)66)62(13,14)15)42-31-43(33-44(32-42)59(4,5)6)54-34-41(29-30-63-54)40-25-23-39(3)24-26-40;/h16-30,32-38,66H,1-15H3;/q-1;/i38D;. The minimum absolute atomic E-state index is 0. The SMILES string of the molecule is [2H]C(C)(C)c1cc(-n2c(-c3cc(C(C)(C)C)cc(C(C)(C)C)c3O)nc3c(-c4[c-]c(-c5cc(-c6ccc(C)cc6)ccn5)cc(C(C)(C)C)c4)cccc32)ccc1-c1ccccc1C(C)(C)C.[Pt]. The number of hydrogen-bond donors (Lipinski definition) is 1. The molecule has 0 radical (unpaired) electrons. The molecular formula is C62H68N3OPt-. The Bertz CT molecular complexity index is 3160. The molecule has 4 nitrogen and oxygen atoms in total. The molecule has 0 aliphatic heterocycles. The van der Waals surface area contributed by atoms with Crippen molar-refractivity contribution in [1.29, 1.82) is 0 Å². The van der Waals surface area contributed by atoms with E-state index >= 15 is 0 Å². The predicted octanol–water partition coefficient (Wildman–Crippen LogP) is 16.9. The van der Waals surface area contributed by atoms with Gasteiger partial charge < -0.3 is 5.11 Å². The van der Waals surface area contributed by atoms with Crippen LogP contribution in [0.5, 0.6) is 5.75 Å². The van der Waals surface area contributed by atoms with Gasteiger partial charge in [0.25, 0.3) is 0 Å². The Morgan fingerprint density at radius 1 is 0.582 bits per heavy atom. The molecule has 0 fully saturated rings. The molecule has 0 bridgehead atoms. The van der Waals surface area contributed by atoms with E-state index in [2.05, 4.69) is 222 Å². The predicted molar refractivity (Wildman–Crippen MR) is 280 cm³/mol. The van der Waals surface area contributed by atoms with Crippen LogP contribution in [-0.4, -0.2) is 19.6 Å². The molecule has 8 rings (SSSR count). The van der Waals surface area contributed by atoms with Gasteiger partial charge in [-0.05, 0) is 104 Å². The van der Waals surface area contributed by atoms with Crippen LogP contribution < -0.4 is 0 Å². The van der Waals surface area contributed by atoms with E-state index in [1.807, 2.05) is 20.0 Å². The smallest absolute Gasteiger partial charge is 0.148 e. The molecule has 5 heteroatoms. The zero-order chi connectivity index (χ0) is 48.6. The first-order valence-electron chi connectivity index (χ1n) is 24.0. The average Bonchev–Trinajstić information content (AvgIpc) is 3.64. The minimum Gasteiger partial charge on any atom is -0.507 e. The molecule has 0 atom stereocenters. The maximum absolute atomic E-state index is 12.5. The van der Waals surface area contributed by atoms with Gasteiger partial charge >= 0.3 is 0 Å². The van der Waals surface area contributed by atoms with E-state index in [1.165, 1.54) is 11.1 Å². The van der Waals surface area contributed by atoms with E-state index in [1.54, 1.807) is 0 Å². The van der Waals surface area contributed by atoms with Crippen LogP contribution in [0.1, 0.15) is 138 Å². The number of aromatic hydroxyl groups is 1.